The summed E-state index contributed by atoms with van der Waals surface area (Å²) in [6.07, 6.45) is 1.76. The molecule has 0 atom stereocenters. The summed E-state index contributed by atoms with van der Waals surface area (Å²) < 4.78 is 10.9. The third-order valence-electron chi connectivity index (χ3n) is 5.79. The smallest absolute Gasteiger partial charge is 0.233 e. The Morgan fingerprint density at radius 1 is 0.944 bits per heavy atom. The number of rotatable bonds is 7. The van der Waals surface area contributed by atoms with E-state index < -0.39 is 5.41 Å². The summed E-state index contributed by atoms with van der Waals surface area (Å²) in [6.45, 7) is 8.25. The van der Waals surface area contributed by atoms with Crippen LogP contribution in [0.2, 0.25) is 0 Å². The van der Waals surface area contributed by atoms with Gasteiger partial charge in [-0.3, -0.25) is 10.1 Å². The molecular weight excluding hydrogens is 454 g/mol. The van der Waals surface area contributed by atoms with Crippen LogP contribution >= 0.6 is 0 Å². The molecule has 0 aliphatic carbocycles. The number of nitrogens with one attached hydrogen (secondary N) is 1. The Morgan fingerprint density at radius 2 is 1.67 bits per heavy atom. The zero-order valence-corrected chi connectivity index (χ0v) is 21.5. The first-order chi connectivity index (χ1) is 17.2. The summed E-state index contributed by atoms with van der Waals surface area (Å²) in [6, 6.07) is 17.7. The van der Waals surface area contributed by atoms with Gasteiger partial charge in [-0.25, -0.2) is 4.98 Å². The van der Waals surface area contributed by atoms with Crippen molar-refractivity contribution in [3.8, 4) is 22.6 Å². The van der Waals surface area contributed by atoms with Crippen molar-refractivity contribution in [2.45, 2.75) is 27.7 Å². The Bertz CT molecular complexity index is 1380. The van der Waals surface area contributed by atoms with Gasteiger partial charge in [0.25, 0.3) is 0 Å². The van der Waals surface area contributed by atoms with E-state index in [-0.39, 0.29) is 11.9 Å². The third-order valence-corrected chi connectivity index (χ3v) is 5.79. The van der Waals surface area contributed by atoms with E-state index in [0.717, 1.165) is 22.2 Å². The molecule has 0 radical (unpaired) electrons. The van der Waals surface area contributed by atoms with Gasteiger partial charge in [-0.05, 0) is 42.8 Å². The van der Waals surface area contributed by atoms with Crippen molar-refractivity contribution in [1.82, 2.24) is 15.0 Å². The van der Waals surface area contributed by atoms with Crippen molar-refractivity contribution >= 4 is 34.4 Å². The fourth-order valence-electron chi connectivity index (χ4n) is 3.78. The van der Waals surface area contributed by atoms with Gasteiger partial charge in [0, 0.05) is 29.4 Å². The highest BCUT2D eigenvalue weighted by atomic mass is 16.5. The lowest BCUT2D eigenvalue weighted by Crippen LogP contribution is -2.29. The van der Waals surface area contributed by atoms with E-state index in [4.69, 9.17) is 14.5 Å². The van der Waals surface area contributed by atoms with Gasteiger partial charge < -0.3 is 14.4 Å². The molecule has 4 aromatic rings. The highest BCUT2D eigenvalue weighted by molar-refractivity contribution is 5.97. The largest absolute Gasteiger partial charge is 0.493 e. The highest BCUT2D eigenvalue weighted by Crippen LogP contribution is 2.36. The summed E-state index contributed by atoms with van der Waals surface area (Å²) in [5.41, 5.74) is 2.67. The van der Waals surface area contributed by atoms with E-state index in [1.807, 2.05) is 75.4 Å². The number of nitrogens with zero attached hydrogens (tertiary/aromatic N) is 4. The maximum absolute atomic E-state index is 12.7. The fraction of sp³-hybridized carbons (Fsp3) is 0.286. The number of pyridine rings is 1. The molecule has 2 aromatic carbocycles. The van der Waals surface area contributed by atoms with Gasteiger partial charge >= 0.3 is 0 Å². The van der Waals surface area contributed by atoms with E-state index in [1.54, 1.807) is 20.4 Å². The Balaban J connectivity index is 1.90. The van der Waals surface area contributed by atoms with Crippen molar-refractivity contribution in [3.63, 3.8) is 0 Å². The van der Waals surface area contributed by atoms with Crippen LogP contribution in [0.3, 0.4) is 0 Å². The fourth-order valence-corrected chi connectivity index (χ4v) is 3.78. The number of benzene rings is 2. The molecular formula is C28H31N5O3. The van der Waals surface area contributed by atoms with Crippen molar-refractivity contribution < 1.29 is 14.3 Å². The molecule has 2 heterocycles. The normalized spacial score (nSPS) is 11.3. The van der Waals surface area contributed by atoms with Crippen LogP contribution in [0.4, 0.5) is 17.5 Å². The second-order valence-electron chi connectivity index (χ2n) is 9.32. The number of carbonyl (C=O) groups excluding carboxylic acids is 1. The van der Waals surface area contributed by atoms with Gasteiger partial charge in [0.05, 0.1) is 19.6 Å². The van der Waals surface area contributed by atoms with Crippen molar-refractivity contribution in [1.29, 1.82) is 0 Å². The molecule has 0 aliphatic heterocycles. The van der Waals surface area contributed by atoms with Crippen LogP contribution in [0.25, 0.3) is 22.2 Å². The maximum Gasteiger partial charge on any atom is 0.233 e. The number of para-hydroxylation sites is 1. The lowest BCUT2D eigenvalue weighted by atomic mass is 9.96. The van der Waals surface area contributed by atoms with Crippen LogP contribution in [0.1, 0.15) is 27.7 Å². The van der Waals surface area contributed by atoms with Gasteiger partial charge in [0.15, 0.2) is 17.1 Å². The van der Waals surface area contributed by atoms with Gasteiger partial charge in [-0.15, -0.1) is 0 Å². The SMILES string of the molecule is CCN(c1ccccc1)c1nc(NC(=O)C(C)(C)C)nc2ncc(-c3ccc(OC)c(OC)c3)cc12. The predicted molar refractivity (Wildman–Crippen MR) is 143 cm³/mol. The Morgan fingerprint density at radius 3 is 2.31 bits per heavy atom. The first kappa shape index (κ1) is 24.9. The Hall–Kier alpha value is -4.20. The van der Waals surface area contributed by atoms with Crippen LogP contribution in [0.5, 0.6) is 11.5 Å². The summed E-state index contributed by atoms with van der Waals surface area (Å²) >= 11 is 0. The minimum absolute atomic E-state index is 0.169. The zero-order chi connectivity index (χ0) is 25.9. The van der Waals surface area contributed by atoms with E-state index in [9.17, 15) is 4.79 Å². The van der Waals surface area contributed by atoms with Gasteiger partial charge in [-0.2, -0.15) is 9.97 Å². The molecule has 0 saturated carbocycles. The Labute approximate surface area is 211 Å². The van der Waals surface area contributed by atoms with Gasteiger partial charge in [0.1, 0.15) is 5.82 Å². The number of methoxy groups -OCH3 is 2. The molecule has 0 saturated heterocycles. The summed E-state index contributed by atoms with van der Waals surface area (Å²) in [4.78, 5) is 28.8. The molecule has 8 nitrogen and oxygen atoms in total. The number of fused-ring (bicyclic) bond motifs is 1. The van der Waals surface area contributed by atoms with Gasteiger partial charge in [-0.1, -0.05) is 45.0 Å². The minimum atomic E-state index is -0.590. The molecule has 36 heavy (non-hydrogen) atoms. The van der Waals surface area contributed by atoms with E-state index >= 15 is 0 Å². The third kappa shape index (κ3) is 5.07. The molecule has 8 heteroatoms. The first-order valence-electron chi connectivity index (χ1n) is 11.8. The van der Waals surface area contributed by atoms with Crippen LogP contribution in [0, 0.1) is 5.41 Å². The summed E-state index contributed by atoms with van der Waals surface area (Å²) in [5, 5.41) is 3.63. The molecule has 0 aliphatic rings. The number of amides is 1. The molecule has 0 spiro atoms. The Kier molecular flexibility index (Phi) is 7.05. The number of hydrogen-bond acceptors (Lipinski definition) is 7. The van der Waals surface area contributed by atoms with Crippen LogP contribution in [-0.2, 0) is 4.79 Å². The number of hydrogen-bond donors (Lipinski definition) is 1. The second kappa shape index (κ2) is 10.2. The van der Waals surface area contributed by atoms with E-state index in [2.05, 4.69) is 27.1 Å². The molecule has 4 rings (SSSR count). The predicted octanol–water partition coefficient (Wildman–Crippen LogP) is 5.85. The van der Waals surface area contributed by atoms with Crippen molar-refractivity contribution in [2.24, 2.45) is 5.41 Å². The number of aromatic nitrogens is 3. The standard InChI is InChI=1S/C28H31N5O3/c1-7-33(20-11-9-8-10-12-20)25-21-15-19(18-13-14-22(35-5)23(16-18)36-6)17-29-24(21)30-27(31-25)32-26(34)28(2,3)4/h8-17H,7H2,1-6H3,(H,29,30,31,32,34). The van der Waals surface area contributed by atoms with Crippen LogP contribution in [0.15, 0.2) is 60.8 Å². The molecule has 0 bridgehead atoms. The molecule has 0 unspecified atom stereocenters. The average molecular weight is 486 g/mol. The number of anilines is 3. The summed E-state index contributed by atoms with van der Waals surface area (Å²) in [7, 11) is 3.22. The topological polar surface area (TPSA) is 89.5 Å². The van der Waals surface area contributed by atoms with Crippen LogP contribution in [-0.4, -0.2) is 41.6 Å². The van der Waals surface area contributed by atoms with Gasteiger partial charge in [0.2, 0.25) is 11.9 Å². The second-order valence-corrected chi connectivity index (χ2v) is 9.32. The zero-order valence-electron chi connectivity index (χ0n) is 21.5. The molecule has 1 N–H and O–H groups in total. The summed E-state index contributed by atoms with van der Waals surface area (Å²) in [5.74, 6) is 1.99. The van der Waals surface area contributed by atoms with Crippen molar-refractivity contribution in [2.75, 3.05) is 31.0 Å². The van der Waals surface area contributed by atoms with Crippen molar-refractivity contribution in [3.05, 3.63) is 60.8 Å². The lowest BCUT2D eigenvalue weighted by molar-refractivity contribution is -0.123. The lowest BCUT2D eigenvalue weighted by Gasteiger charge is -2.24. The quantitative estimate of drug-likeness (QED) is 0.351. The maximum atomic E-state index is 12.7. The molecule has 1 amide bonds. The minimum Gasteiger partial charge on any atom is -0.493 e. The monoisotopic (exact) mass is 485 g/mol. The molecule has 2 aromatic heterocycles. The number of carbonyl (C=O) groups is 1. The van der Waals surface area contributed by atoms with E-state index in [1.165, 1.54) is 0 Å². The first-order valence-corrected chi connectivity index (χ1v) is 11.8. The van der Waals surface area contributed by atoms with E-state index in [0.29, 0.717) is 29.5 Å². The highest BCUT2D eigenvalue weighted by Gasteiger charge is 2.24. The number of ether oxygens (including phenoxy) is 2. The molecule has 186 valence electrons. The average Bonchev–Trinajstić information content (AvgIpc) is 2.88. The molecule has 0 fully saturated rings. The van der Waals surface area contributed by atoms with Crippen LogP contribution < -0.4 is 19.7 Å².